The van der Waals surface area contributed by atoms with Crippen molar-refractivity contribution in [3.8, 4) is 0 Å². The van der Waals surface area contributed by atoms with Gasteiger partial charge in [-0.2, -0.15) is 5.90 Å². The summed E-state index contributed by atoms with van der Waals surface area (Å²) in [6, 6.07) is 0. The Balaban J connectivity index is 3.76. The van der Waals surface area contributed by atoms with Gasteiger partial charge in [-0.3, -0.25) is 4.79 Å². The molecule has 0 aromatic rings. The maximum Gasteiger partial charge on any atom is 0.428 e. The highest BCUT2D eigenvalue weighted by Gasteiger charge is 2.10. The van der Waals surface area contributed by atoms with Crippen LogP contribution in [0.5, 0.6) is 0 Å². The SMILES string of the molecule is CN(CCN(C)C(=O)ON)C(=O)Cl. The zero-order valence-electron chi connectivity index (χ0n) is 7.49. The summed E-state index contributed by atoms with van der Waals surface area (Å²) in [5.74, 6) is 4.64. The van der Waals surface area contributed by atoms with Crippen LogP contribution in [0.3, 0.4) is 0 Å². The number of hydrogen-bond acceptors (Lipinski definition) is 4. The summed E-state index contributed by atoms with van der Waals surface area (Å²) in [4.78, 5) is 27.7. The standard InChI is InChI=1S/C6H12ClN3O3/c1-9(5(7)11)3-4-10(2)6(12)13-8/h3-4,8H2,1-2H3. The molecular weight excluding hydrogens is 198 g/mol. The van der Waals surface area contributed by atoms with Crippen LogP contribution in [0, 0.1) is 0 Å². The lowest BCUT2D eigenvalue weighted by Crippen LogP contribution is -2.36. The number of nitrogens with zero attached hydrogens (tertiary/aromatic N) is 2. The van der Waals surface area contributed by atoms with Crippen molar-refractivity contribution < 1.29 is 14.4 Å². The molecule has 76 valence electrons. The lowest BCUT2D eigenvalue weighted by Gasteiger charge is -2.18. The fraction of sp³-hybridized carbons (Fsp3) is 0.667. The molecule has 0 fully saturated rings. The first kappa shape index (κ1) is 12.0. The molecular formula is C6H12ClN3O3. The molecule has 6 nitrogen and oxygen atoms in total. The number of hydrogen-bond donors (Lipinski definition) is 1. The predicted molar refractivity (Wildman–Crippen MR) is 47.2 cm³/mol. The number of carbonyl (C=O) groups is 2. The van der Waals surface area contributed by atoms with Gasteiger partial charge >= 0.3 is 11.5 Å². The third-order valence-electron chi connectivity index (χ3n) is 1.48. The van der Waals surface area contributed by atoms with Crippen LogP contribution < -0.4 is 5.90 Å². The molecule has 0 radical (unpaired) electrons. The summed E-state index contributed by atoms with van der Waals surface area (Å²) in [5, 5.41) is -0.575. The van der Waals surface area contributed by atoms with Crippen LogP contribution in [0.1, 0.15) is 0 Å². The van der Waals surface area contributed by atoms with Crippen LogP contribution in [0.25, 0.3) is 0 Å². The monoisotopic (exact) mass is 209 g/mol. The molecule has 0 unspecified atom stereocenters. The van der Waals surface area contributed by atoms with Gasteiger partial charge in [-0.25, -0.2) is 4.79 Å². The van der Waals surface area contributed by atoms with Crippen molar-refractivity contribution in [2.24, 2.45) is 5.90 Å². The van der Waals surface area contributed by atoms with Crippen LogP contribution in [-0.2, 0) is 4.84 Å². The Morgan fingerprint density at radius 2 is 1.77 bits per heavy atom. The van der Waals surface area contributed by atoms with Gasteiger partial charge in [-0.15, -0.1) is 0 Å². The van der Waals surface area contributed by atoms with Gasteiger partial charge in [0.2, 0.25) is 0 Å². The Morgan fingerprint density at radius 3 is 2.15 bits per heavy atom. The molecule has 0 aromatic heterocycles. The molecule has 0 heterocycles. The van der Waals surface area contributed by atoms with E-state index >= 15 is 0 Å². The van der Waals surface area contributed by atoms with Gasteiger partial charge in [0.25, 0.3) is 0 Å². The highest BCUT2D eigenvalue weighted by molar-refractivity contribution is 6.62. The topological polar surface area (TPSA) is 75.9 Å². The average Bonchev–Trinajstić information content (AvgIpc) is 2.11. The minimum atomic E-state index is -0.657. The van der Waals surface area contributed by atoms with Crippen molar-refractivity contribution in [1.29, 1.82) is 0 Å². The number of amides is 2. The van der Waals surface area contributed by atoms with E-state index in [0.29, 0.717) is 13.1 Å². The largest absolute Gasteiger partial charge is 0.428 e. The zero-order valence-corrected chi connectivity index (χ0v) is 8.24. The summed E-state index contributed by atoms with van der Waals surface area (Å²) < 4.78 is 0. The van der Waals surface area contributed by atoms with Gasteiger partial charge in [0.1, 0.15) is 0 Å². The molecule has 0 rings (SSSR count). The molecule has 0 aliphatic carbocycles. The summed E-state index contributed by atoms with van der Waals surface area (Å²) in [6.07, 6.45) is -0.657. The second-order valence-corrected chi connectivity index (χ2v) is 2.80. The van der Waals surface area contributed by atoms with E-state index in [-0.39, 0.29) is 0 Å². The molecule has 2 N–H and O–H groups in total. The molecule has 13 heavy (non-hydrogen) atoms. The first-order valence-corrected chi connectivity index (χ1v) is 3.89. The molecule has 0 saturated carbocycles. The van der Waals surface area contributed by atoms with Crippen molar-refractivity contribution in [3.05, 3.63) is 0 Å². The van der Waals surface area contributed by atoms with Crippen LogP contribution >= 0.6 is 11.6 Å². The molecule has 0 atom stereocenters. The van der Waals surface area contributed by atoms with Gasteiger partial charge in [0.05, 0.1) is 0 Å². The molecule has 0 saturated heterocycles. The summed E-state index contributed by atoms with van der Waals surface area (Å²) in [5.41, 5.74) is 0. The van der Waals surface area contributed by atoms with E-state index in [4.69, 9.17) is 11.6 Å². The highest BCUT2D eigenvalue weighted by Crippen LogP contribution is 1.93. The Labute approximate surface area is 81.1 Å². The molecule has 0 aliphatic rings. The van der Waals surface area contributed by atoms with Gasteiger partial charge in [-0.05, 0) is 11.6 Å². The molecule has 0 aliphatic heterocycles. The minimum Gasteiger partial charge on any atom is -0.357 e. The van der Waals surface area contributed by atoms with E-state index in [9.17, 15) is 9.59 Å². The van der Waals surface area contributed by atoms with Crippen LogP contribution in [-0.4, -0.2) is 48.4 Å². The van der Waals surface area contributed by atoms with E-state index in [2.05, 4.69) is 10.7 Å². The van der Waals surface area contributed by atoms with Crippen molar-refractivity contribution in [1.82, 2.24) is 9.80 Å². The van der Waals surface area contributed by atoms with E-state index in [1.54, 1.807) is 0 Å². The molecule has 7 heteroatoms. The van der Waals surface area contributed by atoms with E-state index in [1.165, 1.54) is 23.9 Å². The Morgan fingerprint density at radius 1 is 1.31 bits per heavy atom. The second kappa shape index (κ2) is 5.60. The lowest BCUT2D eigenvalue weighted by atomic mass is 10.5. The quantitative estimate of drug-likeness (QED) is 0.410. The van der Waals surface area contributed by atoms with Crippen molar-refractivity contribution >= 4 is 23.1 Å². The fourth-order valence-electron chi connectivity index (χ4n) is 0.569. The number of carbonyl (C=O) groups excluding carboxylic acids is 2. The number of nitrogens with two attached hydrogens (primary N) is 1. The third-order valence-corrected chi connectivity index (χ3v) is 1.77. The van der Waals surface area contributed by atoms with E-state index < -0.39 is 11.5 Å². The zero-order chi connectivity index (χ0) is 10.4. The molecule has 0 bridgehead atoms. The molecule has 2 amide bonds. The number of halogens is 1. The molecule has 0 aromatic carbocycles. The van der Waals surface area contributed by atoms with Gasteiger partial charge < -0.3 is 14.6 Å². The maximum absolute atomic E-state index is 10.7. The van der Waals surface area contributed by atoms with Crippen LogP contribution in [0.4, 0.5) is 9.59 Å². The number of likely N-dealkylation sites (N-methyl/N-ethyl adjacent to an activating group) is 2. The maximum atomic E-state index is 10.7. The van der Waals surface area contributed by atoms with Crippen molar-refractivity contribution in [2.45, 2.75) is 0 Å². The summed E-state index contributed by atoms with van der Waals surface area (Å²) in [6.45, 7) is 0.638. The first-order valence-electron chi connectivity index (χ1n) is 3.51. The average molecular weight is 210 g/mol. The number of rotatable bonds is 3. The first-order chi connectivity index (χ1) is 5.99. The van der Waals surface area contributed by atoms with Gasteiger partial charge in [-0.1, -0.05) is 0 Å². The smallest absolute Gasteiger partial charge is 0.357 e. The minimum absolute atomic E-state index is 0.311. The Bertz CT molecular complexity index is 200. The lowest BCUT2D eigenvalue weighted by molar-refractivity contribution is 0.110. The predicted octanol–water partition coefficient (Wildman–Crippen LogP) is 0.219. The normalized spacial score (nSPS) is 9.23. The Kier molecular flexibility index (Phi) is 5.17. The van der Waals surface area contributed by atoms with Gasteiger partial charge in [0.15, 0.2) is 0 Å². The molecule has 0 spiro atoms. The van der Waals surface area contributed by atoms with Gasteiger partial charge in [0, 0.05) is 27.2 Å². The fourth-order valence-corrected chi connectivity index (χ4v) is 0.654. The van der Waals surface area contributed by atoms with Crippen LogP contribution in [0.15, 0.2) is 0 Å². The third kappa shape index (κ3) is 4.54. The summed E-state index contributed by atoms with van der Waals surface area (Å²) in [7, 11) is 3.03. The Hall–Kier alpha value is -1.01. The summed E-state index contributed by atoms with van der Waals surface area (Å²) >= 11 is 5.15. The van der Waals surface area contributed by atoms with Crippen LogP contribution in [0.2, 0.25) is 0 Å². The second-order valence-electron chi connectivity index (χ2n) is 2.48. The van der Waals surface area contributed by atoms with Crippen molar-refractivity contribution in [2.75, 3.05) is 27.2 Å². The van der Waals surface area contributed by atoms with E-state index in [0.717, 1.165) is 0 Å². The van der Waals surface area contributed by atoms with Crippen molar-refractivity contribution in [3.63, 3.8) is 0 Å². The highest BCUT2D eigenvalue weighted by atomic mass is 35.5. The van der Waals surface area contributed by atoms with E-state index in [1.807, 2.05) is 0 Å².